The molecule has 0 spiro atoms. The van der Waals surface area contributed by atoms with Crippen LogP contribution in [0.4, 0.5) is 10.3 Å². The van der Waals surface area contributed by atoms with Crippen LogP contribution in [-0.2, 0) is 7.05 Å². The second-order valence-corrected chi connectivity index (χ2v) is 3.78. The number of benzene rings is 1. The van der Waals surface area contributed by atoms with Crippen molar-refractivity contribution in [2.24, 2.45) is 7.05 Å². The molecule has 16 heavy (non-hydrogen) atoms. The van der Waals surface area contributed by atoms with Crippen molar-refractivity contribution < 1.29 is 4.39 Å². The van der Waals surface area contributed by atoms with Gasteiger partial charge in [-0.2, -0.15) is 0 Å². The van der Waals surface area contributed by atoms with Gasteiger partial charge in [-0.15, -0.1) is 0 Å². The Hall–Kier alpha value is -1.84. The van der Waals surface area contributed by atoms with Crippen molar-refractivity contribution in [1.29, 1.82) is 0 Å². The largest absolute Gasteiger partial charge is 0.349 e. The van der Waals surface area contributed by atoms with Crippen LogP contribution >= 0.6 is 0 Å². The van der Waals surface area contributed by atoms with E-state index in [1.165, 1.54) is 12.1 Å². The molecule has 1 aromatic heterocycles. The summed E-state index contributed by atoms with van der Waals surface area (Å²) < 4.78 is 14.9. The second-order valence-electron chi connectivity index (χ2n) is 3.78. The molecule has 1 unspecified atom stereocenters. The quantitative estimate of drug-likeness (QED) is 0.860. The van der Waals surface area contributed by atoms with Crippen molar-refractivity contribution in [3.63, 3.8) is 0 Å². The Morgan fingerprint density at radius 3 is 2.88 bits per heavy atom. The fourth-order valence-corrected chi connectivity index (χ4v) is 1.56. The third-order valence-corrected chi connectivity index (χ3v) is 2.52. The van der Waals surface area contributed by atoms with E-state index in [9.17, 15) is 4.39 Å². The monoisotopic (exact) mass is 219 g/mol. The van der Waals surface area contributed by atoms with E-state index in [0.717, 1.165) is 11.5 Å². The minimum atomic E-state index is -0.217. The van der Waals surface area contributed by atoms with Crippen molar-refractivity contribution >= 4 is 5.95 Å². The molecule has 0 aliphatic heterocycles. The van der Waals surface area contributed by atoms with Gasteiger partial charge in [0, 0.05) is 19.4 Å². The van der Waals surface area contributed by atoms with Gasteiger partial charge in [-0.05, 0) is 24.6 Å². The summed E-state index contributed by atoms with van der Waals surface area (Å²) in [5, 5.41) is 3.22. The Balaban J connectivity index is 2.14. The zero-order valence-electron chi connectivity index (χ0n) is 9.31. The molecule has 0 aliphatic carbocycles. The molecule has 84 valence electrons. The van der Waals surface area contributed by atoms with Crippen LogP contribution in [0.3, 0.4) is 0 Å². The number of nitrogens with zero attached hydrogens (tertiary/aromatic N) is 2. The summed E-state index contributed by atoms with van der Waals surface area (Å²) in [7, 11) is 1.91. The van der Waals surface area contributed by atoms with Crippen molar-refractivity contribution in [1.82, 2.24) is 9.55 Å². The molecule has 3 nitrogen and oxygen atoms in total. The summed E-state index contributed by atoms with van der Waals surface area (Å²) in [5.41, 5.74) is 0.906. The molecule has 1 N–H and O–H groups in total. The predicted octanol–water partition coefficient (Wildman–Crippen LogP) is 2.73. The molecule has 1 atom stereocenters. The van der Waals surface area contributed by atoms with E-state index in [-0.39, 0.29) is 11.9 Å². The van der Waals surface area contributed by atoms with Crippen LogP contribution in [0.25, 0.3) is 0 Å². The van der Waals surface area contributed by atoms with Crippen LogP contribution in [-0.4, -0.2) is 9.55 Å². The summed E-state index contributed by atoms with van der Waals surface area (Å²) >= 11 is 0. The molecular formula is C12H14FN3. The molecule has 0 radical (unpaired) electrons. The molecule has 0 saturated heterocycles. The minimum absolute atomic E-state index is 0.0248. The van der Waals surface area contributed by atoms with Crippen LogP contribution in [0.2, 0.25) is 0 Å². The van der Waals surface area contributed by atoms with E-state index < -0.39 is 0 Å². The first-order valence-corrected chi connectivity index (χ1v) is 5.16. The van der Waals surface area contributed by atoms with Gasteiger partial charge in [0.15, 0.2) is 0 Å². The zero-order valence-corrected chi connectivity index (χ0v) is 9.31. The first-order valence-electron chi connectivity index (χ1n) is 5.16. The topological polar surface area (TPSA) is 29.9 Å². The number of aryl methyl sites for hydroxylation is 1. The lowest BCUT2D eigenvalue weighted by atomic mass is 10.1. The molecule has 0 bridgehead atoms. The summed E-state index contributed by atoms with van der Waals surface area (Å²) in [6.45, 7) is 1.98. The Labute approximate surface area is 93.9 Å². The normalized spacial score (nSPS) is 12.4. The van der Waals surface area contributed by atoms with Crippen LogP contribution in [0.1, 0.15) is 18.5 Å². The minimum Gasteiger partial charge on any atom is -0.349 e. The fraction of sp³-hybridized carbons (Fsp3) is 0.250. The number of anilines is 1. The summed E-state index contributed by atoms with van der Waals surface area (Å²) in [6.07, 6.45) is 3.58. The molecule has 2 rings (SSSR count). The van der Waals surface area contributed by atoms with Gasteiger partial charge in [-0.1, -0.05) is 12.1 Å². The lowest BCUT2D eigenvalue weighted by Gasteiger charge is -2.14. The highest BCUT2D eigenvalue weighted by atomic mass is 19.1. The SMILES string of the molecule is CC(Nc1nccn1C)c1cccc(F)c1. The summed E-state index contributed by atoms with van der Waals surface area (Å²) in [5.74, 6) is 0.558. The smallest absolute Gasteiger partial charge is 0.202 e. The maximum atomic E-state index is 13.0. The Morgan fingerprint density at radius 2 is 2.25 bits per heavy atom. The second kappa shape index (κ2) is 4.35. The third-order valence-electron chi connectivity index (χ3n) is 2.52. The number of nitrogens with one attached hydrogen (secondary N) is 1. The molecule has 0 amide bonds. The predicted molar refractivity (Wildman–Crippen MR) is 61.6 cm³/mol. The molecule has 0 fully saturated rings. The molecule has 0 aliphatic rings. The molecule has 4 heteroatoms. The van der Waals surface area contributed by atoms with Crippen molar-refractivity contribution in [3.8, 4) is 0 Å². The third kappa shape index (κ3) is 2.21. The van der Waals surface area contributed by atoms with Crippen molar-refractivity contribution in [3.05, 3.63) is 48.0 Å². The average molecular weight is 219 g/mol. The molecular weight excluding hydrogens is 205 g/mol. The number of hydrogen-bond acceptors (Lipinski definition) is 2. The van der Waals surface area contributed by atoms with E-state index >= 15 is 0 Å². The van der Waals surface area contributed by atoms with E-state index in [1.54, 1.807) is 12.3 Å². The van der Waals surface area contributed by atoms with Gasteiger partial charge in [-0.3, -0.25) is 0 Å². The van der Waals surface area contributed by atoms with Gasteiger partial charge >= 0.3 is 0 Å². The zero-order chi connectivity index (χ0) is 11.5. The van der Waals surface area contributed by atoms with Gasteiger partial charge in [0.05, 0.1) is 6.04 Å². The van der Waals surface area contributed by atoms with E-state index in [4.69, 9.17) is 0 Å². The van der Waals surface area contributed by atoms with Gasteiger partial charge < -0.3 is 9.88 Å². The first-order chi connectivity index (χ1) is 7.66. The van der Waals surface area contributed by atoms with Crippen LogP contribution in [0, 0.1) is 5.82 Å². The van der Waals surface area contributed by atoms with Crippen LogP contribution in [0.5, 0.6) is 0 Å². The van der Waals surface area contributed by atoms with E-state index in [1.807, 2.05) is 30.8 Å². The fourth-order valence-electron chi connectivity index (χ4n) is 1.56. The number of aromatic nitrogens is 2. The number of halogens is 1. The van der Waals surface area contributed by atoms with Crippen LogP contribution in [0.15, 0.2) is 36.7 Å². The highest BCUT2D eigenvalue weighted by Gasteiger charge is 2.08. The van der Waals surface area contributed by atoms with Crippen molar-refractivity contribution in [2.75, 3.05) is 5.32 Å². The van der Waals surface area contributed by atoms with Gasteiger partial charge in [0.25, 0.3) is 0 Å². The van der Waals surface area contributed by atoms with Crippen LogP contribution < -0.4 is 5.32 Å². The highest BCUT2D eigenvalue weighted by Crippen LogP contribution is 2.18. The van der Waals surface area contributed by atoms with Gasteiger partial charge in [0.1, 0.15) is 5.82 Å². The van der Waals surface area contributed by atoms with Gasteiger partial charge in [-0.25, -0.2) is 9.37 Å². The Kier molecular flexibility index (Phi) is 2.90. The van der Waals surface area contributed by atoms with E-state index in [0.29, 0.717) is 0 Å². The number of imidazole rings is 1. The maximum Gasteiger partial charge on any atom is 0.202 e. The molecule has 2 aromatic rings. The number of rotatable bonds is 3. The molecule has 1 aromatic carbocycles. The first kappa shape index (κ1) is 10.7. The van der Waals surface area contributed by atoms with Gasteiger partial charge in [0.2, 0.25) is 5.95 Å². The summed E-state index contributed by atoms with van der Waals surface area (Å²) in [4.78, 5) is 4.16. The van der Waals surface area contributed by atoms with E-state index in [2.05, 4.69) is 10.3 Å². The standard InChI is InChI=1S/C12H14FN3/c1-9(10-4-3-5-11(13)8-10)15-12-14-6-7-16(12)2/h3-9H,1-2H3,(H,14,15). The highest BCUT2D eigenvalue weighted by molar-refractivity contribution is 5.32. The lowest BCUT2D eigenvalue weighted by Crippen LogP contribution is -2.10. The summed E-state index contributed by atoms with van der Waals surface area (Å²) in [6, 6.07) is 6.60. The average Bonchev–Trinajstić information content (AvgIpc) is 2.64. The maximum absolute atomic E-state index is 13.0. The number of hydrogen-bond donors (Lipinski definition) is 1. The molecule has 1 heterocycles. The lowest BCUT2D eigenvalue weighted by molar-refractivity contribution is 0.623. The Morgan fingerprint density at radius 1 is 1.44 bits per heavy atom. The molecule has 0 saturated carbocycles. The van der Waals surface area contributed by atoms with Crippen molar-refractivity contribution in [2.45, 2.75) is 13.0 Å². The Bertz CT molecular complexity index is 479.